The van der Waals surface area contributed by atoms with Crippen LogP contribution in [-0.4, -0.2) is 35.7 Å². The summed E-state index contributed by atoms with van der Waals surface area (Å²) in [5.74, 6) is 0.505. The second-order valence-electron chi connectivity index (χ2n) is 6.17. The molecule has 2 N–H and O–H groups in total. The van der Waals surface area contributed by atoms with Crippen molar-refractivity contribution in [2.45, 2.75) is 25.8 Å². The van der Waals surface area contributed by atoms with Gasteiger partial charge in [-0.05, 0) is 42.2 Å². The lowest BCUT2D eigenvalue weighted by molar-refractivity contribution is -0.129. The molecule has 5 nitrogen and oxygen atoms in total. The number of hydrogen-bond acceptors (Lipinski definition) is 4. The van der Waals surface area contributed by atoms with Crippen LogP contribution in [0.3, 0.4) is 0 Å². The molecule has 2 aromatic carbocycles. The summed E-state index contributed by atoms with van der Waals surface area (Å²) in [7, 11) is 0. The SMILES string of the molecule is CCOc1ccc(C2c3ccccc3CCN2CCC(=O)NO)cc1. The van der Waals surface area contributed by atoms with Gasteiger partial charge in [0, 0.05) is 19.5 Å². The van der Waals surface area contributed by atoms with Gasteiger partial charge in [0.05, 0.1) is 12.6 Å². The van der Waals surface area contributed by atoms with Crippen LogP contribution in [0.5, 0.6) is 5.75 Å². The zero-order valence-electron chi connectivity index (χ0n) is 14.4. The minimum Gasteiger partial charge on any atom is -0.494 e. The molecule has 3 rings (SSSR count). The summed E-state index contributed by atoms with van der Waals surface area (Å²) >= 11 is 0. The Morgan fingerprint density at radius 1 is 1.24 bits per heavy atom. The fourth-order valence-corrected chi connectivity index (χ4v) is 3.46. The molecule has 0 saturated carbocycles. The number of carbonyl (C=O) groups is 1. The summed E-state index contributed by atoms with van der Waals surface area (Å²) in [6, 6.07) is 16.8. The average molecular weight is 340 g/mol. The van der Waals surface area contributed by atoms with Crippen molar-refractivity contribution in [3.63, 3.8) is 0 Å². The Bertz CT molecular complexity index is 715. The van der Waals surface area contributed by atoms with E-state index in [1.54, 1.807) is 5.48 Å². The Labute approximate surface area is 148 Å². The lowest BCUT2D eigenvalue weighted by Crippen LogP contribution is -2.38. The van der Waals surface area contributed by atoms with Crippen molar-refractivity contribution < 1.29 is 14.7 Å². The third-order valence-corrected chi connectivity index (χ3v) is 4.64. The highest BCUT2D eigenvalue weighted by Crippen LogP contribution is 2.35. The molecule has 1 atom stereocenters. The van der Waals surface area contributed by atoms with Crippen LogP contribution >= 0.6 is 0 Å². The van der Waals surface area contributed by atoms with Crippen LogP contribution in [0.15, 0.2) is 48.5 Å². The minimum atomic E-state index is -0.357. The van der Waals surface area contributed by atoms with Gasteiger partial charge in [0.1, 0.15) is 5.75 Å². The molecule has 1 heterocycles. The van der Waals surface area contributed by atoms with Gasteiger partial charge in [0.15, 0.2) is 0 Å². The summed E-state index contributed by atoms with van der Waals surface area (Å²) < 4.78 is 5.54. The average Bonchev–Trinajstić information content (AvgIpc) is 2.66. The number of carbonyl (C=O) groups excluding carboxylic acids is 1. The summed E-state index contributed by atoms with van der Waals surface area (Å²) in [6.45, 7) is 4.10. The normalized spacial score (nSPS) is 17.0. The molecule has 1 aliphatic rings. The first kappa shape index (κ1) is 17.5. The van der Waals surface area contributed by atoms with Gasteiger partial charge in [0.25, 0.3) is 0 Å². The Morgan fingerprint density at radius 2 is 2.00 bits per heavy atom. The van der Waals surface area contributed by atoms with Gasteiger partial charge in [-0.3, -0.25) is 14.9 Å². The zero-order valence-corrected chi connectivity index (χ0v) is 14.4. The van der Waals surface area contributed by atoms with Gasteiger partial charge in [-0.1, -0.05) is 36.4 Å². The molecular formula is C20H24N2O3. The number of fused-ring (bicyclic) bond motifs is 1. The van der Waals surface area contributed by atoms with Crippen molar-refractivity contribution in [2.75, 3.05) is 19.7 Å². The maximum absolute atomic E-state index is 11.5. The number of ether oxygens (including phenoxy) is 1. The number of hydroxylamine groups is 1. The molecule has 25 heavy (non-hydrogen) atoms. The number of benzene rings is 2. The van der Waals surface area contributed by atoms with Gasteiger partial charge < -0.3 is 4.74 Å². The van der Waals surface area contributed by atoms with Crippen LogP contribution in [0, 0.1) is 0 Å². The molecule has 0 spiro atoms. The fourth-order valence-electron chi connectivity index (χ4n) is 3.46. The van der Waals surface area contributed by atoms with E-state index in [1.807, 2.05) is 19.1 Å². The molecule has 0 bridgehead atoms. The number of amides is 1. The third kappa shape index (κ3) is 4.00. The lowest BCUT2D eigenvalue weighted by Gasteiger charge is -2.37. The number of nitrogens with zero attached hydrogens (tertiary/aromatic N) is 1. The van der Waals surface area contributed by atoms with Gasteiger partial charge in [-0.25, -0.2) is 5.48 Å². The molecule has 1 unspecified atom stereocenters. The summed E-state index contributed by atoms with van der Waals surface area (Å²) in [5, 5.41) is 8.75. The topological polar surface area (TPSA) is 61.8 Å². The predicted molar refractivity (Wildman–Crippen MR) is 95.7 cm³/mol. The minimum absolute atomic E-state index is 0.104. The molecule has 132 valence electrons. The Balaban J connectivity index is 1.89. The smallest absolute Gasteiger partial charge is 0.244 e. The zero-order chi connectivity index (χ0) is 17.6. The lowest BCUT2D eigenvalue weighted by atomic mass is 9.88. The summed E-state index contributed by atoms with van der Waals surface area (Å²) in [6.07, 6.45) is 1.23. The Morgan fingerprint density at radius 3 is 2.72 bits per heavy atom. The number of hydrogen-bond donors (Lipinski definition) is 2. The van der Waals surface area contributed by atoms with E-state index in [0.29, 0.717) is 13.2 Å². The summed E-state index contributed by atoms with van der Waals surface area (Å²) in [4.78, 5) is 13.8. The first-order valence-electron chi connectivity index (χ1n) is 8.70. The predicted octanol–water partition coefficient (Wildman–Crippen LogP) is 2.93. The molecule has 1 aliphatic heterocycles. The Kier molecular flexibility index (Phi) is 5.68. The van der Waals surface area contributed by atoms with Gasteiger partial charge in [0.2, 0.25) is 5.91 Å². The van der Waals surface area contributed by atoms with Crippen molar-refractivity contribution in [3.05, 3.63) is 65.2 Å². The van der Waals surface area contributed by atoms with E-state index in [-0.39, 0.29) is 18.4 Å². The molecule has 0 aliphatic carbocycles. The fraction of sp³-hybridized carbons (Fsp3) is 0.350. The molecule has 1 amide bonds. The number of rotatable bonds is 6. The van der Waals surface area contributed by atoms with Crippen LogP contribution in [-0.2, 0) is 11.2 Å². The van der Waals surface area contributed by atoms with Gasteiger partial charge >= 0.3 is 0 Å². The number of nitrogens with one attached hydrogen (secondary N) is 1. The van der Waals surface area contributed by atoms with Crippen molar-refractivity contribution in [2.24, 2.45) is 0 Å². The first-order valence-corrected chi connectivity index (χ1v) is 8.70. The van der Waals surface area contributed by atoms with Crippen molar-refractivity contribution in [3.8, 4) is 5.75 Å². The standard InChI is InChI=1S/C20H24N2O3/c1-2-25-17-9-7-16(8-10-17)20-18-6-4-3-5-15(18)11-13-22(20)14-12-19(23)21-24/h3-10,20,24H,2,11-14H2,1H3,(H,21,23). The summed E-state index contributed by atoms with van der Waals surface area (Å²) in [5.41, 5.74) is 5.53. The quantitative estimate of drug-likeness (QED) is 0.627. The van der Waals surface area contributed by atoms with E-state index in [1.165, 1.54) is 16.7 Å². The van der Waals surface area contributed by atoms with E-state index in [0.717, 1.165) is 18.7 Å². The van der Waals surface area contributed by atoms with Crippen molar-refractivity contribution in [1.29, 1.82) is 0 Å². The van der Waals surface area contributed by atoms with Gasteiger partial charge in [-0.2, -0.15) is 0 Å². The van der Waals surface area contributed by atoms with Gasteiger partial charge in [-0.15, -0.1) is 0 Å². The van der Waals surface area contributed by atoms with Crippen LogP contribution in [0.1, 0.15) is 36.1 Å². The van der Waals surface area contributed by atoms with E-state index < -0.39 is 0 Å². The highest BCUT2D eigenvalue weighted by Gasteiger charge is 2.28. The largest absolute Gasteiger partial charge is 0.494 e. The Hall–Kier alpha value is -2.37. The second-order valence-corrected chi connectivity index (χ2v) is 6.17. The highest BCUT2D eigenvalue weighted by atomic mass is 16.5. The molecule has 5 heteroatoms. The maximum Gasteiger partial charge on any atom is 0.244 e. The van der Waals surface area contributed by atoms with Crippen LogP contribution < -0.4 is 10.2 Å². The maximum atomic E-state index is 11.5. The van der Waals surface area contributed by atoms with E-state index in [2.05, 4.69) is 41.3 Å². The third-order valence-electron chi connectivity index (χ3n) is 4.64. The highest BCUT2D eigenvalue weighted by molar-refractivity contribution is 5.74. The first-order chi connectivity index (χ1) is 12.2. The van der Waals surface area contributed by atoms with Crippen LogP contribution in [0.25, 0.3) is 0 Å². The molecule has 0 aromatic heterocycles. The molecule has 0 saturated heterocycles. The second kappa shape index (κ2) is 8.14. The van der Waals surface area contributed by atoms with Crippen LogP contribution in [0.2, 0.25) is 0 Å². The van der Waals surface area contributed by atoms with Crippen molar-refractivity contribution >= 4 is 5.91 Å². The van der Waals surface area contributed by atoms with E-state index >= 15 is 0 Å². The molecule has 2 aromatic rings. The van der Waals surface area contributed by atoms with E-state index in [9.17, 15) is 4.79 Å². The molecule has 0 fully saturated rings. The van der Waals surface area contributed by atoms with Crippen molar-refractivity contribution in [1.82, 2.24) is 10.4 Å². The molecular weight excluding hydrogens is 316 g/mol. The van der Waals surface area contributed by atoms with E-state index in [4.69, 9.17) is 9.94 Å². The molecule has 0 radical (unpaired) electrons. The van der Waals surface area contributed by atoms with Crippen LogP contribution in [0.4, 0.5) is 0 Å². The monoisotopic (exact) mass is 340 g/mol.